The van der Waals surface area contributed by atoms with Gasteiger partial charge in [0, 0.05) is 13.1 Å². The molecule has 0 radical (unpaired) electrons. The van der Waals surface area contributed by atoms with Crippen LogP contribution >= 0.6 is 0 Å². The first-order chi connectivity index (χ1) is 9.42. The van der Waals surface area contributed by atoms with Crippen LogP contribution in [0.25, 0.3) is 0 Å². The van der Waals surface area contributed by atoms with Crippen LogP contribution in [0.4, 0.5) is 0 Å². The largest absolute Gasteiger partial charge is 0.469 e. The number of carbonyl (C=O) groups excluding carboxylic acids is 2. The highest BCUT2D eigenvalue weighted by atomic mass is 16.5. The van der Waals surface area contributed by atoms with E-state index in [2.05, 4.69) is 10.6 Å². The Morgan fingerprint density at radius 3 is 2.85 bits per heavy atom. The molecule has 0 unspecified atom stereocenters. The fourth-order valence-corrected chi connectivity index (χ4v) is 3.52. The van der Waals surface area contributed by atoms with Gasteiger partial charge in [-0.25, -0.2) is 0 Å². The van der Waals surface area contributed by atoms with Crippen molar-refractivity contribution in [1.82, 2.24) is 10.6 Å². The van der Waals surface area contributed by atoms with E-state index in [9.17, 15) is 9.59 Å². The molecule has 2 aliphatic rings. The van der Waals surface area contributed by atoms with Crippen molar-refractivity contribution in [3.05, 3.63) is 0 Å². The lowest BCUT2D eigenvalue weighted by Gasteiger charge is -2.37. The average Bonchev–Trinajstić information content (AvgIpc) is 2.88. The van der Waals surface area contributed by atoms with E-state index in [1.54, 1.807) is 13.8 Å². The predicted octanol–water partition coefficient (Wildman–Crippen LogP) is 1.08. The third kappa shape index (κ3) is 2.68. The highest BCUT2D eigenvalue weighted by molar-refractivity contribution is 5.85. The number of fused-ring (bicyclic) bond motifs is 1. The molecule has 0 aromatic rings. The molecule has 0 bridgehead atoms. The fourth-order valence-electron chi connectivity index (χ4n) is 3.52. The van der Waals surface area contributed by atoms with Crippen LogP contribution in [0.1, 0.15) is 39.5 Å². The predicted molar refractivity (Wildman–Crippen MR) is 76.1 cm³/mol. The average molecular weight is 282 g/mol. The second-order valence-electron chi connectivity index (χ2n) is 6.79. The lowest BCUT2D eigenvalue weighted by molar-refractivity contribution is -0.151. The summed E-state index contributed by atoms with van der Waals surface area (Å²) in [4.78, 5) is 24.3. The maximum Gasteiger partial charge on any atom is 0.313 e. The Labute approximate surface area is 120 Å². The number of methoxy groups -OCH3 is 1. The zero-order chi connectivity index (χ0) is 14.8. The summed E-state index contributed by atoms with van der Waals surface area (Å²) in [5, 5.41) is 6.35. The van der Waals surface area contributed by atoms with Gasteiger partial charge in [0.05, 0.1) is 17.9 Å². The van der Waals surface area contributed by atoms with E-state index < -0.39 is 5.41 Å². The number of hydrogen-bond donors (Lipinski definition) is 2. The Kier molecular flexibility index (Phi) is 4.37. The van der Waals surface area contributed by atoms with Crippen molar-refractivity contribution < 1.29 is 14.3 Å². The van der Waals surface area contributed by atoms with Crippen LogP contribution in [0.2, 0.25) is 0 Å². The van der Waals surface area contributed by atoms with E-state index in [4.69, 9.17) is 4.74 Å². The second-order valence-corrected chi connectivity index (χ2v) is 6.79. The summed E-state index contributed by atoms with van der Waals surface area (Å²) >= 11 is 0. The Morgan fingerprint density at radius 2 is 2.15 bits per heavy atom. The van der Waals surface area contributed by atoms with Gasteiger partial charge in [-0.3, -0.25) is 9.59 Å². The number of nitrogens with one attached hydrogen (secondary N) is 2. The summed E-state index contributed by atoms with van der Waals surface area (Å²) in [6, 6.07) is 0. The fraction of sp³-hybridized carbons (Fsp3) is 0.867. The van der Waals surface area contributed by atoms with Crippen LogP contribution in [0.5, 0.6) is 0 Å². The van der Waals surface area contributed by atoms with Gasteiger partial charge in [0.15, 0.2) is 0 Å². The molecule has 0 aromatic carbocycles. The van der Waals surface area contributed by atoms with Gasteiger partial charge in [-0.2, -0.15) is 0 Å². The first-order valence-corrected chi connectivity index (χ1v) is 7.50. The zero-order valence-electron chi connectivity index (χ0n) is 12.8. The van der Waals surface area contributed by atoms with E-state index in [0.29, 0.717) is 12.5 Å². The summed E-state index contributed by atoms with van der Waals surface area (Å²) in [6.45, 7) is 5.62. The highest BCUT2D eigenvalue weighted by Gasteiger charge is 2.50. The minimum atomic E-state index is -0.683. The first kappa shape index (κ1) is 15.3. The van der Waals surface area contributed by atoms with Crippen molar-refractivity contribution in [2.75, 3.05) is 26.7 Å². The lowest BCUT2D eigenvalue weighted by Crippen LogP contribution is -2.50. The van der Waals surface area contributed by atoms with Crippen molar-refractivity contribution in [1.29, 1.82) is 0 Å². The van der Waals surface area contributed by atoms with Gasteiger partial charge in [-0.15, -0.1) is 0 Å². The number of rotatable bonds is 4. The molecule has 2 fully saturated rings. The normalized spacial score (nSPS) is 29.6. The van der Waals surface area contributed by atoms with E-state index >= 15 is 0 Å². The third-order valence-corrected chi connectivity index (χ3v) is 4.92. The molecule has 1 saturated carbocycles. The van der Waals surface area contributed by atoms with Gasteiger partial charge in [0.2, 0.25) is 5.91 Å². The van der Waals surface area contributed by atoms with E-state index in [1.165, 1.54) is 13.5 Å². The van der Waals surface area contributed by atoms with Crippen LogP contribution in [-0.4, -0.2) is 38.6 Å². The van der Waals surface area contributed by atoms with Gasteiger partial charge in [0.25, 0.3) is 0 Å². The van der Waals surface area contributed by atoms with Gasteiger partial charge < -0.3 is 15.4 Å². The molecule has 1 amide bonds. The van der Waals surface area contributed by atoms with Crippen LogP contribution in [0, 0.1) is 16.7 Å². The van der Waals surface area contributed by atoms with Crippen LogP contribution in [0.15, 0.2) is 0 Å². The maximum atomic E-state index is 12.7. The number of amides is 1. The van der Waals surface area contributed by atoms with E-state index in [-0.39, 0.29) is 17.3 Å². The Balaban J connectivity index is 1.99. The molecule has 2 rings (SSSR count). The van der Waals surface area contributed by atoms with Crippen LogP contribution in [-0.2, 0) is 14.3 Å². The number of ether oxygens (including phenoxy) is 1. The molecule has 1 heterocycles. The van der Waals surface area contributed by atoms with Gasteiger partial charge >= 0.3 is 5.97 Å². The van der Waals surface area contributed by atoms with Crippen molar-refractivity contribution in [3.63, 3.8) is 0 Å². The van der Waals surface area contributed by atoms with Crippen LogP contribution in [0.3, 0.4) is 0 Å². The van der Waals surface area contributed by atoms with Gasteiger partial charge in [-0.05, 0) is 39.2 Å². The molecule has 0 aromatic heterocycles. The standard InChI is InChI=1S/C15H26N2O3/c1-14(2,13(19)20-3)9-17-12(18)15-7-5-4-6-11(15)8-16-10-15/h11,16H,4-10H2,1-3H3,(H,17,18)/t11-,15+/m0/s1. The SMILES string of the molecule is COC(=O)C(C)(C)CNC(=O)[C@@]12CCCC[C@H]1CNC2. The minimum absolute atomic E-state index is 0.101. The Hall–Kier alpha value is -1.10. The van der Waals surface area contributed by atoms with Crippen molar-refractivity contribution in [2.45, 2.75) is 39.5 Å². The first-order valence-electron chi connectivity index (χ1n) is 7.50. The number of carbonyl (C=O) groups is 2. The van der Waals surface area contributed by atoms with E-state index in [1.807, 2.05) is 0 Å². The van der Waals surface area contributed by atoms with Crippen molar-refractivity contribution in [2.24, 2.45) is 16.7 Å². The summed E-state index contributed by atoms with van der Waals surface area (Å²) in [5.41, 5.74) is -0.943. The monoisotopic (exact) mass is 282 g/mol. The smallest absolute Gasteiger partial charge is 0.313 e. The van der Waals surface area contributed by atoms with Gasteiger partial charge in [-0.1, -0.05) is 12.8 Å². The molecule has 114 valence electrons. The summed E-state index contributed by atoms with van der Waals surface area (Å²) in [7, 11) is 1.38. The molecule has 1 aliphatic heterocycles. The summed E-state index contributed by atoms with van der Waals surface area (Å²) < 4.78 is 4.78. The molecule has 2 atom stereocenters. The number of hydrogen-bond acceptors (Lipinski definition) is 4. The summed E-state index contributed by atoms with van der Waals surface area (Å²) in [6.07, 6.45) is 4.41. The zero-order valence-corrected chi connectivity index (χ0v) is 12.8. The van der Waals surface area contributed by atoms with Crippen LogP contribution < -0.4 is 10.6 Å². The molecule has 1 aliphatic carbocycles. The van der Waals surface area contributed by atoms with Gasteiger partial charge in [0.1, 0.15) is 0 Å². The molecule has 0 spiro atoms. The Bertz CT molecular complexity index is 395. The second kappa shape index (κ2) is 5.72. The Morgan fingerprint density at radius 1 is 1.40 bits per heavy atom. The molecule has 5 nitrogen and oxygen atoms in total. The molecule has 2 N–H and O–H groups in total. The molecular formula is C15H26N2O3. The third-order valence-electron chi connectivity index (χ3n) is 4.92. The maximum absolute atomic E-state index is 12.7. The molecule has 5 heteroatoms. The molecule has 1 saturated heterocycles. The lowest BCUT2D eigenvalue weighted by atomic mass is 9.67. The topological polar surface area (TPSA) is 67.4 Å². The quantitative estimate of drug-likeness (QED) is 0.757. The van der Waals surface area contributed by atoms with Crippen molar-refractivity contribution >= 4 is 11.9 Å². The minimum Gasteiger partial charge on any atom is -0.469 e. The molecular weight excluding hydrogens is 256 g/mol. The summed E-state index contributed by atoms with van der Waals surface area (Å²) in [5.74, 6) is 0.252. The van der Waals surface area contributed by atoms with Crippen molar-refractivity contribution in [3.8, 4) is 0 Å². The number of esters is 1. The molecule has 20 heavy (non-hydrogen) atoms. The highest BCUT2D eigenvalue weighted by Crippen LogP contribution is 2.43. The van der Waals surface area contributed by atoms with E-state index in [0.717, 1.165) is 32.4 Å².